The fourth-order valence-corrected chi connectivity index (χ4v) is 5.99. The van der Waals surface area contributed by atoms with Crippen molar-refractivity contribution in [3.05, 3.63) is 103 Å². The molecule has 6 rings (SSSR count). The molecule has 0 atom stereocenters. The van der Waals surface area contributed by atoms with Crippen LogP contribution in [-0.2, 0) is 6.42 Å². The number of anilines is 3. The third-order valence-electron chi connectivity index (χ3n) is 7.72. The summed E-state index contributed by atoms with van der Waals surface area (Å²) in [7, 11) is 1.94. The van der Waals surface area contributed by atoms with Gasteiger partial charge in [0.2, 0.25) is 0 Å². The number of aromatic nitrogens is 4. The molecule has 0 radical (unpaired) electrons. The molecule has 0 amide bonds. The topological polar surface area (TPSA) is 99.4 Å². The van der Waals surface area contributed by atoms with E-state index in [1.165, 1.54) is 23.5 Å². The second-order valence-corrected chi connectivity index (χ2v) is 11.6. The van der Waals surface area contributed by atoms with E-state index in [9.17, 15) is 9.65 Å². The maximum Gasteiger partial charge on any atom is 0.192 e. The van der Waals surface area contributed by atoms with Crippen LogP contribution in [0.25, 0.3) is 28.0 Å². The van der Waals surface area contributed by atoms with Crippen LogP contribution in [0.2, 0.25) is 0 Å². The van der Waals surface area contributed by atoms with E-state index in [-0.39, 0.29) is 11.9 Å². The van der Waals surface area contributed by atoms with Crippen LogP contribution < -0.4 is 15.5 Å². The first-order valence-corrected chi connectivity index (χ1v) is 17.1. The second kappa shape index (κ2) is 18.5. The average Bonchev–Trinajstić information content (AvgIpc) is 3.75. The van der Waals surface area contributed by atoms with Crippen molar-refractivity contribution in [2.45, 2.75) is 59.9 Å². The number of nitriles is 1. The summed E-state index contributed by atoms with van der Waals surface area (Å²) in [5, 5.41) is 10.5. The molecule has 5 heterocycles. The van der Waals surface area contributed by atoms with Gasteiger partial charge >= 0.3 is 0 Å². The lowest BCUT2D eigenvalue weighted by Gasteiger charge is -2.31. The van der Waals surface area contributed by atoms with Crippen molar-refractivity contribution >= 4 is 33.8 Å². The number of nitrogens with zero attached hydrogens (tertiary/aromatic N) is 7. The molecule has 0 saturated carbocycles. The highest BCUT2D eigenvalue weighted by atomic mass is 32.1. The fraction of sp³-hybridized carbons (Fsp3) is 0.316. The van der Waals surface area contributed by atoms with Gasteiger partial charge in [0.1, 0.15) is 39.7 Å². The number of benzene rings is 1. The Hall–Kier alpha value is -4.85. The second-order valence-electron chi connectivity index (χ2n) is 10.6. The minimum atomic E-state index is -0.329. The van der Waals surface area contributed by atoms with E-state index in [1.54, 1.807) is 12.1 Å². The summed E-state index contributed by atoms with van der Waals surface area (Å²) >= 11 is 1.30. The molecule has 1 saturated heterocycles. The van der Waals surface area contributed by atoms with Gasteiger partial charge in [-0.05, 0) is 81.6 Å². The quantitative estimate of drug-likeness (QED) is 0.180. The number of piperidine rings is 1. The highest BCUT2D eigenvalue weighted by Gasteiger charge is 2.22. The van der Waals surface area contributed by atoms with Gasteiger partial charge in [-0.15, -0.1) is 13.2 Å². The van der Waals surface area contributed by atoms with Crippen molar-refractivity contribution in [1.82, 2.24) is 19.4 Å². The van der Waals surface area contributed by atoms with Crippen LogP contribution in [0.5, 0.6) is 0 Å². The standard InChI is InChI=1S/C30H29FN8S.C4H8.C2H6.C2H4/c1-3-24-29(37(2)30-36-28(25(16-32)40-30)19-4-8-22(31)9-5-19)39-18-21(7-11-27(39)35-24)20-6-10-26(34-17-20)38-14-12-23(33)13-15-38;1-3-4-2;2*1-2/h4-11,17-18,23H,3,12-15,33H2,1-2H3;3-4H,1-2H3;1-2H3;1-2H2. The van der Waals surface area contributed by atoms with Crippen molar-refractivity contribution in [3.8, 4) is 28.5 Å². The van der Waals surface area contributed by atoms with Crippen LogP contribution in [0.4, 0.5) is 21.2 Å². The van der Waals surface area contributed by atoms with Gasteiger partial charge in [0, 0.05) is 55.3 Å². The van der Waals surface area contributed by atoms with E-state index < -0.39 is 0 Å². The number of hydrogen-bond acceptors (Lipinski definition) is 8. The number of rotatable bonds is 6. The van der Waals surface area contributed by atoms with E-state index in [2.05, 4.69) is 59.8 Å². The van der Waals surface area contributed by atoms with Crippen molar-refractivity contribution < 1.29 is 4.39 Å². The normalized spacial score (nSPS) is 12.7. The molecular weight excluding hydrogens is 620 g/mol. The summed E-state index contributed by atoms with van der Waals surface area (Å²) in [6, 6.07) is 16.8. The predicted octanol–water partition coefficient (Wildman–Crippen LogP) is 9.20. The first-order valence-electron chi connectivity index (χ1n) is 16.3. The third kappa shape index (κ3) is 8.73. The number of fused-ring (bicyclic) bond motifs is 1. The van der Waals surface area contributed by atoms with Gasteiger partial charge in [-0.3, -0.25) is 4.40 Å². The molecule has 1 aromatic carbocycles. The summed E-state index contributed by atoms with van der Waals surface area (Å²) in [5.74, 6) is 1.53. The van der Waals surface area contributed by atoms with Gasteiger partial charge < -0.3 is 15.5 Å². The molecule has 48 heavy (non-hydrogen) atoms. The highest BCUT2D eigenvalue weighted by Crippen LogP contribution is 2.37. The molecule has 0 bridgehead atoms. The number of halogens is 1. The summed E-state index contributed by atoms with van der Waals surface area (Å²) in [5.41, 5.74) is 11.1. The smallest absolute Gasteiger partial charge is 0.192 e. The lowest BCUT2D eigenvalue weighted by Crippen LogP contribution is -2.40. The molecule has 0 spiro atoms. The fourth-order valence-electron chi connectivity index (χ4n) is 5.14. The van der Waals surface area contributed by atoms with E-state index in [1.807, 2.05) is 64.1 Å². The number of pyridine rings is 2. The van der Waals surface area contributed by atoms with E-state index in [4.69, 9.17) is 20.7 Å². The summed E-state index contributed by atoms with van der Waals surface area (Å²) < 4.78 is 15.6. The van der Waals surface area contributed by atoms with Gasteiger partial charge in [-0.2, -0.15) is 5.26 Å². The number of thiazole rings is 1. The zero-order chi connectivity index (χ0) is 35.2. The minimum Gasteiger partial charge on any atom is -0.357 e. The Morgan fingerprint density at radius 1 is 1.00 bits per heavy atom. The minimum absolute atomic E-state index is 0.281. The zero-order valence-corrected chi connectivity index (χ0v) is 29.8. The maximum atomic E-state index is 13.5. The largest absolute Gasteiger partial charge is 0.357 e. The number of hydrogen-bond donors (Lipinski definition) is 1. The summed E-state index contributed by atoms with van der Waals surface area (Å²) in [6.45, 7) is 17.9. The van der Waals surface area contributed by atoms with Gasteiger partial charge in [0.05, 0.1) is 5.69 Å². The van der Waals surface area contributed by atoms with Crippen LogP contribution in [0.1, 0.15) is 58.0 Å². The van der Waals surface area contributed by atoms with Gasteiger partial charge in [-0.1, -0.05) is 44.3 Å². The molecule has 10 heteroatoms. The zero-order valence-electron chi connectivity index (χ0n) is 28.9. The van der Waals surface area contributed by atoms with E-state index >= 15 is 0 Å². The van der Waals surface area contributed by atoms with Crippen molar-refractivity contribution in [3.63, 3.8) is 0 Å². The molecule has 2 N–H and O–H groups in total. The summed E-state index contributed by atoms with van der Waals surface area (Å²) in [4.78, 5) is 19.2. The van der Waals surface area contributed by atoms with Gasteiger partial charge in [-0.25, -0.2) is 19.3 Å². The molecule has 0 unspecified atom stereocenters. The number of imidazole rings is 1. The predicted molar refractivity (Wildman–Crippen MR) is 201 cm³/mol. The first-order chi connectivity index (χ1) is 23.4. The average molecular weight is 667 g/mol. The maximum absolute atomic E-state index is 13.5. The molecule has 0 aliphatic carbocycles. The van der Waals surface area contributed by atoms with Crippen molar-refractivity contribution in [2.75, 3.05) is 29.9 Å². The number of aryl methyl sites for hydroxylation is 1. The Kier molecular flexibility index (Phi) is 14.5. The Morgan fingerprint density at radius 3 is 2.19 bits per heavy atom. The molecule has 8 nitrogen and oxygen atoms in total. The van der Waals surface area contributed by atoms with Gasteiger partial charge in [0.15, 0.2) is 5.13 Å². The van der Waals surface area contributed by atoms with Crippen molar-refractivity contribution in [1.29, 1.82) is 5.26 Å². The van der Waals surface area contributed by atoms with Crippen molar-refractivity contribution in [2.24, 2.45) is 5.73 Å². The molecule has 1 fully saturated rings. The van der Waals surface area contributed by atoms with Gasteiger partial charge in [0.25, 0.3) is 0 Å². The Labute approximate surface area is 288 Å². The van der Waals surface area contributed by atoms with E-state index in [0.29, 0.717) is 21.3 Å². The monoisotopic (exact) mass is 666 g/mol. The molecule has 252 valence electrons. The first kappa shape index (κ1) is 37.6. The van der Waals surface area contributed by atoms with Crippen LogP contribution in [0.3, 0.4) is 0 Å². The van der Waals surface area contributed by atoms with Crippen LogP contribution in [0.15, 0.2) is 86.2 Å². The molecule has 1 aliphatic heterocycles. The Balaban J connectivity index is 0.000000717. The van der Waals surface area contributed by atoms with Crippen LogP contribution in [0, 0.1) is 17.1 Å². The SMILES string of the molecule is C=C.CC.CC=CC.CCc1nc2ccc(-c3ccc(N4CCC(N)CC4)nc3)cn2c1N(C)c1nc(-c2ccc(F)cc2)c(C#N)s1. The molecular formula is C38H47FN8S. The van der Waals surface area contributed by atoms with E-state index in [0.717, 1.165) is 66.5 Å². The molecule has 5 aromatic rings. The van der Waals surface area contributed by atoms with Crippen LogP contribution in [-0.4, -0.2) is 45.5 Å². The lowest BCUT2D eigenvalue weighted by molar-refractivity contribution is 0.498. The lowest BCUT2D eigenvalue weighted by atomic mass is 10.1. The Bertz CT molecular complexity index is 1790. The third-order valence-corrected chi connectivity index (χ3v) is 8.75. The Morgan fingerprint density at radius 2 is 1.62 bits per heavy atom. The number of allylic oxidation sites excluding steroid dienone is 2. The number of nitrogens with two attached hydrogens (primary N) is 1. The highest BCUT2D eigenvalue weighted by molar-refractivity contribution is 7.16. The molecule has 1 aliphatic rings. The summed E-state index contributed by atoms with van der Waals surface area (Å²) in [6.07, 6.45) is 10.7. The molecule has 4 aromatic heterocycles. The van der Waals surface area contributed by atoms with Crippen LogP contribution >= 0.6 is 11.3 Å².